The standard InChI is InChI=1S/C16H22O3/c1-4-16(17)13-6-5-7-14(10-13)19-15-8-11(2)18-12(3)9-15/h5-7,10-12,15H,4,8-9H2,1-3H3. The first kappa shape index (κ1) is 14.1. The van der Waals surface area contributed by atoms with Crippen molar-refractivity contribution in [3.05, 3.63) is 29.8 Å². The van der Waals surface area contributed by atoms with Crippen LogP contribution in [0.25, 0.3) is 0 Å². The highest BCUT2D eigenvalue weighted by Gasteiger charge is 2.25. The van der Waals surface area contributed by atoms with Gasteiger partial charge in [-0.3, -0.25) is 4.79 Å². The maximum Gasteiger partial charge on any atom is 0.162 e. The van der Waals surface area contributed by atoms with E-state index in [9.17, 15) is 4.79 Å². The Morgan fingerprint density at radius 2 is 2.00 bits per heavy atom. The summed E-state index contributed by atoms with van der Waals surface area (Å²) in [5.74, 6) is 0.935. The molecule has 3 nitrogen and oxygen atoms in total. The first-order chi connectivity index (χ1) is 9.08. The second kappa shape index (κ2) is 6.20. The van der Waals surface area contributed by atoms with Crippen molar-refractivity contribution in [3.63, 3.8) is 0 Å². The molecule has 3 heteroatoms. The molecular formula is C16H22O3. The molecular weight excluding hydrogens is 240 g/mol. The number of hydrogen-bond acceptors (Lipinski definition) is 3. The van der Waals surface area contributed by atoms with Gasteiger partial charge >= 0.3 is 0 Å². The minimum absolute atomic E-state index is 0.152. The topological polar surface area (TPSA) is 35.5 Å². The van der Waals surface area contributed by atoms with Gasteiger partial charge in [0.25, 0.3) is 0 Å². The molecule has 104 valence electrons. The van der Waals surface area contributed by atoms with Crippen LogP contribution in [0.3, 0.4) is 0 Å². The molecule has 0 aliphatic carbocycles. The highest BCUT2D eigenvalue weighted by molar-refractivity contribution is 5.96. The molecule has 1 heterocycles. The van der Waals surface area contributed by atoms with E-state index in [4.69, 9.17) is 9.47 Å². The number of ketones is 1. The van der Waals surface area contributed by atoms with Crippen LogP contribution in [0.5, 0.6) is 5.75 Å². The van der Waals surface area contributed by atoms with Crippen molar-refractivity contribution in [2.75, 3.05) is 0 Å². The lowest BCUT2D eigenvalue weighted by Crippen LogP contribution is -2.35. The first-order valence-corrected chi connectivity index (χ1v) is 7.04. The molecule has 2 atom stereocenters. The predicted molar refractivity (Wildman–Crippen MR) is 74.7 cm³/mol. The fourth-order valence-electron chi connectivity index (χ4n) is 2.58. The molecule has 1 fully saturated rings. The average molecular weight is 262 g/mol. The number of Topliss-reactive ketones (excluding diaryl/α,β-unsaturated/α-hetero) is 1. The highest BCUT2D eigenvalue weighted by atomic mass is 16.5. The van der Waals surface area contributed by atoms with Gasteiger partial charge in [0.1, 0.15) is 11.9 Å². The summed E-state index contributed by atoms with van der Waals surface area (Å²) in [6, 6.07) is 7.48. The number of hydrogen-bond donors (Lipinski definition) is 0. The van der Waals surface area contributed by atoms with Crippen LogP contribution in [0.2, 0.25) is 0 Å². The number of ether oxygens (including phenoxy) is 2. The van der Waals surface area contributed by atoms with Crippen LogP contribution < -0.4 is 4.74 Å². The lowest BCUT2D eigenvalue weighted by molar-refractivity contribution is -0.0721. The first-order valence-electron chi connectivity index (χ1n) is 7.04. The summed E-state index contributed by atoms with van der Waals surface area (Å²) >= 11 is 0. The second-order valence-electron chi connectivity index (χ2n) is 5.27. The molecule has 0 saturated carbocycles. The third kappa shape index (κ3) is 3.80. The fraction of sp³-hybridized carbons (Fsp3) is 0.562. The monoisotopic (exact) mass is 262 g/mol. The van der Waals surface area contributed by atoms with Crippen molar-refractivity contribution < 1.29 is 14.3 Å². The molecule has 1 saturated heterocycles. The smallest absolute Gasteiger partial charge is 0.162 e. The van der Waals surface area contributed by atoms with E-state index in [1.165, 1.54) is 0 Å². The van der Waals surface area contributed by atoms with Crippen LogP contribution in [0, 0.1) is 0 Å². The average Bonchev–Trinajstić information content (AvgIpc) is 2.37. The summed E-state index contributed by atoms with van der Waals surface area (Å²) in [4.78, 5) is 11.7. The Kier molecular flexibility index (Phi) is 4.59. The quantitative estimate of drug-likeness (QED) is 0.777. The molecule has 2 rings (SSSR count). The lowest BCUT2D eigenvalue weighted by Gasteiger charge is -2.32. The van der Waals surface area contributed by atoms with Crippen LogP contribution in [0.1, 0.15) is 50.4 Å². The number of rotatable bonds is 4. The molecule has 19 heavy (non-hydrogen) atoms. The van der Waals surface area contributed by atoms with Crippen molar-refractivity contribution in [1.82, 2.24) is 0 Å². The molecule has 2 unspecified atom stereocenters. The molecule has 0 spiro atoms. The number of carbonyl (C=O) groups is 1. The van der Waals surface area contributed by atoms with Gasteiger partial charge < -0.3 is 9.47 Å². The molecule has 1 aromatic carbocycles. The van der Waals surface area contributed by atoms with E-state index in [2.05, 4.69) is 13.8 Å². The van der Waals surface area contributed by atoms with Gasteiger partial charge in [-0.1, -0.05) is 19.1 Å². The van der Waals surface area contributed by atoms with Crippen LogP contribution in [0.15, 0.2) is 24.3 Å². The van der Waals surface area contributed by atoms with E-state index in [-0.39, 0.29) is 24.1 Å². The van der Waals surface area contributed by atoms with Crippen molar-refractivity contribution >= 4 is 5.78 Å². The molecule has 1 aliphatic rings. The fourth-order valence-corrected chi connectivity index (χ4v) is 2.58. The van der Waals surface area contributed by atoms with E-state index < -0.39 is 0 Å². The zero-order valence-electron chi connectivity index (χ0n) is 11.9. The van der Waals surface area contributed by atoms with E-state index in [0.29, 0.717) is 6.42 Å². The van der Waals surface area contributed by atoms with E-state index in [0.717, 1.165) is 24.2 Å². The minimum atomic E-state index is 0.152. The summed E-state index contributed by atoms with van der Waals surface area (Å²) in [5.41, 5.74) is 0.730. The molecule has 1 aliphatic heterocycles. The maximum absolute atomic E-state index is 11.7. The summed E-state index contributed by atoms with van der Waals surface area (Å²) in [7, 11) is 0. The van der Waals surface area contributed by atoms with Gasteiger partial charge in [0.05, 0.1) is 12.2 Å². The van der Waals surface area contributed by atoms with Crippen LogP contribution >= 0.6 is 0 Å². The largest absolute Gasteiger partial charge is 0.490 e. The Bertz CT molecular complexity index is 431. The van der Waals surface area contributed by atoms with E-state index in [1.807, 2.05) is 31.2 Å². The Labute approximate surface area is 114 Å². The minimum Gasteiger partial charge on any atom is -0.490 e. The van der Waals surface area contributed by atoms with Crippen LogP contribution in [-0.2, 0) is 4.74 Å². The van der Waals surface area contributed by atoms with Crippen molar-refractivity contribution in [1.29, 1.82) is 0 Å². The van der Waals surface area contributed by atoms with Gasteiger partial charge in [-0.05, 0) is 26.0 Å². The summed E-state index contributed by atoms with van der Waals surface area (Å²) in [6.45, 7) is 6.02. The molecule has 0 radical (unpaired) electrons. The third-order valence-electron chi connectivity index (χ3n) is 3.43. The summed E-state index contributed by atoms with van der Waals surface area (Å²) < 4.78 is 11.7. The van der Waals surface area contributed by atoms with Gasteiger partial charge in [-0.25, -0.2) is 0 Å². The SMILES string of the molecule is CCC(=O)c1cccc(OC2CC(C)OC(C)C2)c1. The number of carbonyl (C=O) groups excluding carboxylic acids is 1. The Balaban J connectivity index is 2.04. The van der Waals surface area contributed by atoms with Crippen molar-refractivity contribution in [3.8, 4) is 5.75 Å². The van der Waals surface area contributed by atoms with Crippen LogP contribution in [-0.4, -0.2) is 24.1 Å². The van der Waals surface area contributed by atoms with E-state index >= 15 is 0 Å². The Morgan fingerprint density at radius 1 is 1.32 bits per heavy atom. The molecule has 0 amide bonds. The Morgan fingerprint density at radius 3 is 2.63 bits per heavy atom. The number of benzene rings is 1. The van der Waals surface area contributed by atoms with Gasteiger partial charge in [0.2, 0.25) is 0 Å². The maximum atomic E-state index is 11.7. The zero-order chi connectivity index (χ0) is 13.8. The Hall–Kier alpha value is -1.35. The van der Waals surface area contributed by atoms with Crippen molar-refractivity contribution in [2.45, 2.75) is 58.3 Å². The lowest BCUT2D eigenvalue weighted by atomic mass is 10.0. The summed E-state index contributed by atoms with van der Waals surface area (Å²) in [5, 5.41) is 0. The summed E-state index contributed by atoms with van der Waals surface area (Å²) in [6.07, 6.45) is 2.95. The van der Waals surface area contributed by atoms with E-state index in [1.54, 1.807) is 0 Å². The van der Waals surface area contributed by atoms with Gasteiger partial charge in [0, 0.05) is 24.8 Å². The molecule has 0 aromatic heterocycles. The predicted octanol–water partition coefficient (Wildman–Crippen LogP) is 3.61. The second-order valence-corrected chi connectivity index (χ2v) is 5.27. The molecule has 1 aromatic rings. The molecule has 0 bridgehead atoms. The van der Waals surface area contributed by atoms with Gasteiger partial charge in [-0.2, -0.15) is 0 Å². The van der Waals surface area contributed by atoms with Gasteiger partial charge in [-0.15, -0.1) is 0 Å². The van der Waals surface area contributed by atoms with Crippen LogP contribution in [0.4, 0.5) is 0 Å². The zero-order valence-corrected chi connectivity index (χ0v) is 11.9. The highest BCUT2D eigenvalue weighted by Crippen LogP contribution is 2.25. The normalized spacial score (nSPS) is 27.0. The molecule has 0 N–H and O–H groups in total. The van der Waals surface area contributed by atoms with Crippen molar-refractivity contribution in [2.24, 2.45) is 0 Å². The van der Waals surface area contributed by atoms with Gasteiger partial charge in [0.15, 0.2) is 5.78 Å². The third-order valence-corrected chi connectivity index (χ3v) is 3.43.